The lowest BCUT2D eigenvalue weighted by atomic mass is 9.80. The Kier molecular flexibility index (Phi) is 8.68. The first-order valence-electron chi connectivity index (χ1n) is 18.1. The Labute approximate surface area is 323 Å². The zero-order chi connectivity index (χ0) is 38.7. The zero-order valence-corrected chi connectivity index (χ0v) is 31.1. The molecule has 278 valence electrons. The molecule has 0 spiro atoms. The van der Waals surface area contributed by atoms with Crippen LogP contribution < -0.4 is 23.7 Å². The predicted octanol–water partition coefficient (Wildman–Crippen LogP) is 9.68. The number of methoxy groups -OCH3 is 1. The average molecular weight is 745 g/mol. The lowest BCUT2D eigenvalue weighted by Crippen LogP contribution is -2.20. The third-order valence-electron chi connectivity index (χ3n) is 10.4. The smallest absolute Gasteiger partial charge is 0.335 e. The molecule has 4 heterocycles. The molecule has 0 radical (unpaired) electrons. The number of carbonyl (C=O) groups excluding carboxylic acids is 2. The van der Waals surface area contributed by atoms with E-state index in [9.17, 15) is 9.59 Å². The monoisotopic (exact) mass is 744 g/mol. The van der Waals surface area contributed by atoms with Gasteiger partial charge in [-0.05, 0) is 103 Å². The standard InChI is InChI=1S/C47H36O9/c1-6-43(48)53-27-10-14-41-33(18-27)45(31-16-25(3)8-12-39(31)55-41)35-21-51-23-37-29(35)20-30-36(22-52-24-38(30)47(37)50-5)46-32-17-26(4)9-13-40(32)56-42-15-11-28(19-34(42)46)54-44(49)7-2/h6-20H,1-2,21-24H2,3-5H3/b45-35-,46-36+. The molecule has 0 saturated carbocycles. The molecule has 0 aliphatic carbocycles. The molecule has 56 heavy (non-hydrogen) atoms. The second-order valence-corrected chi connectivity index (χ2v) is 13.9. The van der Waals surface area contributed by atoms with Gasteiger partial charge in [-0.15, -0.1) is 0 Å². The van der Waals surface area contributed by atoms with Crippen LogP contribution in [0.3, 0.4) is 0 Å². The predicted molar refractivity (Wildman–Crippen MR) is 211 cm³/mol. The van der Waals surface area contributed by atoms with Gasteiger partial charge in [-0.1, -0.05) is 36.4 Å². The van der Waals surface area contributed by atoms with Gasteiger partial charge < -0.3 is 33.2 Å². The number of hydrogen-bond acceptors (Lipinski definition) is 9. The second kappa shape index (κ2) is 13.9. The van der Waals surface area contributed by atoms with Crippen LogP contribution in [0.1, 0.15) is 55.6 Å². The van der Waals surface area contributed by atoms with Gasteiger partial charge in [0, 0.05) is 56.7 Å². The van der Waals surface area contributed by atoms with Gasteiger partial charge in [-0.25, -0.2) is 9.59 Å². The molecule has 0 atom stereocenters. The molecule has 0 fully saturated rings. The summed E-state index contributed by atoms with van der Waals surface area (Å²) in [5.41, 5.74) is 12.8. The molecule has 4 aliphatic rings. The first kappa shape index (κ1) is 35.0. The lowest BCUT2D eigenvalue weighted by Gasteiger charge is -2.33. The van der Waals surface area contributed by atoms with Crippen molar-refractivity contribution in [2.45, 2.75) is 27.1 Å². The lowest BCUT2D eigenvalue weighted by molar-refractivity contribution is -0.129. The van der Waals surface area contributed by atoms with E-state index in [0.717, 1.165) is 90.1 Å². The number of benzene rings is 5. The highest BCUT2D eigenvalue weighted by Gasteiger charge is 2.35. The summed E-state index contributed by atoms with van der Waals surface area (Å²) in [7, 11) is 1.67. The fourth-order valence-electron chi connectivity index (χ4n) is 7.96. The van der Waals surface area contributed by atoms with Crippen LogP contribution in [-0.2, 0) is 32.3 Å². The van der Waals surface area contributed by atoms with Crippen molar-refractivity contribution >= 4 is 34.2 Å². The maximum atomic E-state index is 12.3. The summed E-state index contributed by atoms with van der Waals surface area (Å²) in [6.07, 6.45) is 2.27. The van der Waals surface area contributed by atoms with Crippen LogP contribution >= 0.6 is 0 Å². The molecule has 5 aromatic carbocycles. The molecule has 9 nitrogen and oxygen atoms in total. The van der Waals surface area contributed by atoms with Gasteiger partial charge in [0.25, 0.3) is 0 Å². The Morgan fingerprint density at radius 3 is 1.38 bits per heavy atom. The Morgan fingerprint density at radius 1 is 0.554 bits per heavy atom. The van der Waals surface area contributed by atoms with Crippen LogP contribution in [0, 0.1) is 13.8 Å². The topological polar surface area (TPSA) is 98.8 Å². The highest BCUT2D eigenvalue weighted by atomic mass is 16.5. The van der Waals surface area contributed by atoms with Gasteiger partial charge in [0.1, 0.15) is 40.2 Å². The zero-order valence-electron chi connectivity index (χ0n) is 31.1. The van der Waals surface area contributed by atoms with Crippen molar-refractivity contribution in [1.82, 2.24) is 0 Å². The van der Waals surface area contributed by atoms with Crippen LogP contribution in [0.4, 0.5) is 0 Å². The van der Waals surface area contributed by atoms with Crippen molar-refractivity contribution in [1.29, 1.82) is 0 Å². The van der Waals surface area contributed by atoms with E-state index in [1.54, 1.807) is 19.2 Å². The van der Waals surface area contributed by atoms with E-state index in [2.05, 4.69) is 31.4 Å². The maximum Gasteiger partial charge on any atom is 0.335 e. The molecule has 0 aromatic heterocycles. The quantitative estimate of drug-likeness (QED) is 0.0969. The van der Waals surface area contributed by atoms with Crippen molar-refractivity contribution in [3.63, 3.8) is 0 Å². The largest absolute Gasteiger partial charge is 0.496 e. The molecule has 0 bridgehead atoms. The minimum Gasteiger partial charge on any atom is -0.496 e. The highest BCUT2D eigenvalue weighted by Crippen LogP contribution is 2.54. The van der Waals surface area contributed by atoms with E-state index in [0.29, 0.717) is 66.7 Å². The van der Waals surface area contributed by atoms with E-state index in [1.165, 1.54) is 0 Å². The minimum absolute atomic E-state index is 0.299. The van der Waals surface area contributed by atoms with Gasteiger partial charge in [0.05, 0.1) is 33.5 Å². The highest BCUT2D eigenvalue weighted by molar-refractivity contribution is 6.07. The third kappa shape index (κ3) is 5.89. The SMILES string of the molecule is C=CC(=O)Oc1ccc2c(c1)/C(=C1\COCc3c1cc1c(c3OC)COC/C1=C1\c3cc(C)ccc3Oc3ccc(OC(=O)C=C)cc31)c1cc(C)ccc1O2. The molecule has 0 unspecified atom stereocenters. The number of ether oxygens (including phenoxy) is 7. The molecule has 4 aliphatic heterocycles. The van der Waals surface area contributed by atoms with Crippen molar-refractivity contribution < 1.29 is 42.7 Å². The summed E-state index contributed by atoms with van der Waals surface area (Å²) >= 11 is 0. The summed E-state index contributed by atoms with van der Waals surface area (Å²) in [6.45, 7) is 12.4. The second-order valence-electron chi connectivity index (χ2n) is 13.9. The Balaban J connectivity index is 1.33. The Morgan fingerprint density at radius 2 is 0.964 bits per heavy atom. The number of aryl methyl sites for hydroxylation is 2. The van der Waals surface area contributed by atoms with Crippen molar-refractivity contribution in [2.24, 2.45) is 0 Å². The van der Waals surface area contributed by atoms with Crippen molar-refractivity contribution in [2.75, 3.05) is 20.3 Å². The van der Waals surface area contributed by atoms with Crippen LogP contribution in [0.25, 0.3) is 22.3 Å². The molecular formula is C47H36O9. The van der Waals surface area contributed by atoms with Gasteiger partial charge in [0.15, 0.2) is 0 Å². The molecule has 0 saturated heterocycles. The Hall–Kier alpha value is -6.68. The van der Waals surface area contributed by atoms with E-state index in [1.807, 2.05) is 62.4 Å². The van der Waals surface area contributed by atoms with Gasteiger partial charge in [-0.3, -0.25) is 0 Å². The van der Waals surface area contributed by atoms with E-state index in [4.69, 9.17) is 33.2 Å². The molecule has 9 heteroatoms. The van der Waals surface area contributed by atoms with Gasteiger partial charge in [-0.2, -0.15) is 0 Å². The summed E-state index contributed by atoms with van der Waals surface area (Å²) in [5.74, 6) is 2.93. The summed E-state index contributed by atoms with van der Waals surface area (Å²) in [4.78, 5) is 24.6. The number of esters is 2. The molecular weight excluding hydrogens is 709 g/mol. The summed E-state index contributed by atoms with van der Waals surface area (Å²) in [5, 5.41) is 0. The number of rotatable bonds is 5. The number of fused-ring (bicyclic) bond motifs is 6. The first-order chi connectivity index (χ1) is 27.2. The normalized spacial score (nSPS) is 17.3. The van der Waals surface area contributed by atoms with Crippen LogP contribution in [-0.4, -0.2) is 32.3 Å². The van der Waals surface area contributed by atoms with Crippen LogP contribution in [0.15, 0.2) is 104 Å². The molecule has 0 amide bonds. The fourth-order valence-corrected chi connectivity index (χ4v) is 7.96. The van der Waals surface area contributed by atoms with E-state index >= 15 is 0 Å². The third-order valence-corrected chi connectivity index (χ3v) is 10.4. The van der Waals surface area contributed by atoms with E-state index < -0.39 is 11.9 Å². The van der Waals surface area contributed by atoms with Crippen LogP contribution in [0.2, 0.25) is 0 Å². The van der Waals surface area contributed by atoms with Gasteiger partial charge in [0.2, 0.25) is 0 Å². The van der Waals surface area contributed by atoms with Crippen molar-refractivity contribution in [3.05, 3.63) is 160 Å². The number of carbonyl (C=O) groups is 2. The van der Waals surface area contributed by atoms with Crippen LogP contribution in [0.5, 0.6) is 40.2 Å². The molecule has 9 rings (SSSR count). The average Bonchev–Trinajstić information content (AvgIpc) is 3.21. The number of hydrogen-bond donors (Lipinski definition) is 0. The maximum absolute atomic E-state index is 12.3. The minimum atomic E-state index is -0.560. The summed E-state index contributed by atoms with van der Waals surface area (Å²) in [6, 6.07) is 25.1. The van der Waals surface area contributed by atoms with Crippen molar-refractivity contribution in [3.8, 4) is 40.2 Å². The Bertz CT molecular complexity index is 2450. The summed E-state index contributed by atoms with van der Waals surface area (Å²) < 4.78 is 43.1. The molecule has 5 aromatic rings. The van der Waals surface area contributed by atoms with E-state index in [-0.39, 0.29) is 0 Å². The first-order valence-corrected chi connectivity index (χ1v) is 18.1. The fraction of sp³-hybridized carbons (Fsp3) is 0.149. The molecule has 0 N–H and O–H groups in total. The van der Waals surface area contributed by atoms with Gasteiger partial charge >= 0.3 is 11.9 Å².